The van der Waals surface area contributed by atoms with E-state index < -0.39 is 5.54 Å². The van der Waals surface area contributed by atoms with Gasteiger partial charge in [-0.1, -0.05) is 18.2 Å². The van der Waals surface area contributed by atoms with E-state index in [-0.39, 0.29) is 5.91 Å². The summed E-state index contributed by atoms with van der Waals surface area (Å²) < 4.78 is 0. The van der Waals surface area contributed by atoms with Gasteiger partial charge in [-0.3, -0.25) is 4.79 Å². The van der Waals surface area contributed by atoms with Crippen molar-refractivity contribution in [3.63, 3.8) is 0 Å². The summed E-state index contributed by atoms with van der Waals surface area (Å²) in [4.78, 5) is 16.1. The Kier molecular flexibility index (Phi) is 5.06. The van der Waals surface area contributed by atoms with E-state index in [2.05, 4.69) is 47.5 Å². The van der Waals surface area contributed by atoms with Gasteiger partial charge in [0.15, 0.2) is 6.54 Å². The first-order valence-corrected chi connectivity index (χ1v) is 8.98. The van der Waals surface area contributed by atoms with Gasteiger partial charge in [0.05, 0.1) is 32.2 Å². The van der Waals surface area contributed by atoms with E-state index in [0.29, 0.717) is 6.54 Å². The van der Waals surface area contributed by atoms with Crippen LogP contribution in [-0.4, -0.2) is 44.2 Å². The summed E-state index contributed by atoms with van der Waals surface area (Å²) in [7, 11) is 0. The van der Waals surface area contributed by atoms with E-state index in [0.717, 1.165) is 51.9 Å². The lowest BCUT2D eigenvalue weighted by atomic mass is 10.00. The maximum Gasteiger partial charge on any atom is 0.276 e. The topological polar surface area (TPSA) is 60.6 Å². The van der Waals surface area contributed by atoms with Crippen molar-refractivity contribution in [1.82, 2.24) is 5.32 Å². The Morgan fingerprint density at radius 3 is 2.58 bits per heavy atom. The van der Waals surface area contributed by atoms with Crippen molar-refractivity contribution in [2.24, 2.45) is 0 Å². The van der Waals surface area contributed by atoms with Crippen molar-refractivity contribution in [2.45, 2.75) is 38.1 Å². The predicted octanol–water partition coefficient (Wildman–Crippen LogP) is 0.653. The van der Waals surface area contributed by atoms with Crippen LogP contribution in [0.25, 0.3) is 0 Å². The number of quaternary nitrogens is 1. The average molecular weight is 327 g/mol. The molecule has 1 heterocycles. The van der Waals surface area contributed by atoms with Crippen molar-refractivity contribution in [1.29, 1.82) is 5.26 Å². The highest BCUT2D eigenvalue weighted by Crippen LogP contribution is 2.28. The summed E-state index contributed by atoms with van der Waals surface area (Å²) in [5, 5.41) is 12.4. The Morgan fingerprint density at radius 2 is 1.96 bits per heavy atom. The SMILES string of the molecule is Cc1ccccc1N1CC[NH+](CC(=O)NC2(C#N)CCCC2)CC1. The van der Waals surface area contributed by atoms with Crippen LogP contribution in [0.1, 0.15) is 31.2 Å². The Labute approximate surface area is 144 Å². The number of carbonyl (C=O) groups excluding carboxylic acids is 1. The molecule has 2 aliphatic rings. The summed E-state index contributed by atoms with van der Waals surface area (Å²) in [6.45, 7) is 6.48. The lowest BCUT2D eigenvalue weighted by Crippen LogP contribution is -3.16. The van der Waals surface area contributed by atoms with Gasteiger partial charge in [-0.05, 0) is 44.2 Å². The summed E-state index contributed by atoms with van der Waals surface area (Å²) in [6, 6.07) is 10.8. The molecule has 128 valence electrons. The second-order valence-electron chi connectivity index (χ2n) is 7.15. The van der Waals surface area contributed by atoms with Gasteiger partial charge in [-0.15, -0.1) is 0 Å². The van der Waals surface area contributed by atoms with Gasteiger partial charge in [0.25, 0.3) is 5.91 Å². The van der Waals surface area contributed by atoms with E-state index in [4.69, 9.17) is 0 Å². The number of para-hydroxylation sites is 1. The van der Waals surface area contributed by atoms with Gasteiger partial charge in [-0.25, -0.2) is 0 Å². The fourth-order valence-electron chi connectivity index (χ4n) is 3.94. The fourth-order valence-corrected chi connectivity index (χ4v) is 3.94. The molecule has 2 fully saturated rings. The number of piperazine rings is 1. The second kappa shape index (κ2) is 7.23. The number of hydrogen-bond donors (Lipinski definition) is 2. The van der Waals surface area contributed by atoms with Crippen molar-refractivity contribution >= 4 is 11.6 Å². The summed E-state index contributed by atoms with van der Waals surface area (Å²) in [5.41, 5.74) is 2.01. The van der Waals surface area contributed by atoms with Crippen molar-refractivity contribution in [3.05, 3.63) is 29.8 Å². The molecule has 2 N–H and O–H groups in total. The van der Waals surface area contributed by atoms with Gasteiger partial charge in [0.1, 0.15) is 5.54 Å². The van der Waals surface area contributed by atoms with Crippen LogP contribution >= 0.6 is 0 Å². The highest BCUT2D eigenvalue weighted by Gasteiger charge is 2.36. The molecule has 1 aliphatic heterocycles. The molecule has 1 amide bonds. The molecule has 1 aromatic rings. The molecule has 5 nitrogen and oxygen atoms in total. The summed E-state index contributed by atoms with van der Waals surface area (Å²) in [6.07, 6.45) is 3.67. The van der Waals surface area contributed by atoms with Crippen LogP contribution in [-0.2, 0) is 4.79 Å². The Hall–Kier alpha value is -2.06. The lowest BCUT2D eigenvalue weighted by molar-refractivity contribution is -0.892. The van der Waals surface area contributed by atoms with Crippen LogP contribution in [0.3, 0.4) is 0 Å². The number of amides is 1. The van der Waals surface area contributed by atoms with Crippen LogP contribution in [0.4, 0.5) is 5.69 Å². The first kappa shape index (κ1) is 16.8. The number of nitrogens with one attached hydrogen (secondary N) is 2. The average Bonchev–Trinajstić information content (AvgIpc) is 3.05. The molecule has 5 heteroatoms. The molecule has 0 bridgehead atoms. The molecule has 0 unspecified atom stereocenters. The quantitative estimate of drug-likeness (QED) is 0.854. The minimum atomic E-state index is -0.598. The van der Waals surface area contributed by atoms with Crippen LogP contribution < -0.4 is 15.1 Å². The monoisotopic (exact) mass is 327 g/mol. The number of anilines is 1. The summed E-state index contributed by atoms with van der Waals surface area (Å²) >= 11 is 0. The third kappa shape index (κ3) is 3.70. The van der Waals surface area contributed by atoms with Crippen LogP contribution in [0, 0.1) is 18.3 Å². The van der Waals surface area contributed by atoms with Crippen molar-refractivity contribution < 1.29 is 9.69 Å². The molecule has 24 heavy (non-hydrogen) atoms. The molecule has 0 radical (unpaired) electrons. The molecular weight excluding hydrogens is 300 g/mol. The van der Waals surface area contributed by atoms with Crippen molar-refractivity contribution in [2.75, 3.05) is 37.6 Å². The summed E-state index contributed by atoms with van der Waals surface area (Å²) in [5.74, 6) is 0.0257. The molecule has 1 aliphatic carbocycles. The normalized spacial score (nSPS) is 20.6. The zero-order valence-corrected chi connectivity index (χ0v) is 14.5. The first-order chi connectivity index (χ1) is 11.6. The van der Waals surface area contributed by atoms with E-state index in [1.54, 1.807) is 0 Å². The number of hydrogen-bond acceptors (Lipinski definition) is 3. The largest absolute Gasteiger partial charge is 0.360 e. The zero-order chi connectivity index (χ0) is 17.0. The number of nitriles is 1. The van der Waals surface area contributed by atoms with Crippen LogP contribution in [0.15, 0.2) is 24.3 Å². The number of rotatable bonds is 4. The van der Waals surface area contributed by atoms with Crippen LogP contribution in [0.2, 0.25) is 0 Å². The first-order valence-electron chi connectivity index (χ1n) is 8.98. The van der Waals surface area contributed by atoms with Gasteiger partial charge in [-0.2, -0.15) is 5.26 Å². The highest BCUT2D eigenvalue weighted by molar-refractivity contribution is 5.78. The number of aryl methyl sites for hydroxylation is 1. The minimum absolute atomic E-state index is 0.0257. The van der Waals surface area contributed by atoms with E-state index in [9.17, 15) is 10.1 Å². The molecule has 1 saturated carbocycles. The number of benzene rings is 1. The molecule has 0 atom stereocenters. The van der Waals surface area contributed by atoms with Gasteiger partial charge in [0, 0.05) is 5.69 Å². The Morgan fingerprint density at radius 1 is 1.29 bits per heavy atom. The highest BCUT2D eigenvalue weighted by atomic mass is 16.2. The van der Waals surface area contributed by atoms with Gasteiger partial charge < -0.3 is 15.1 Å². The smallest absolute Gasteiger partial charge is 0.276 e. The van der Waals surface area contributed by atoms with E-state index >= 15 is 0 Å². The third-order valence-electron chi connectivity index (χ3n) is 5.39. The van der Waals surface area contributed by atoms with Gasteiger partial charge >= 0.3 is 0 Å². The minimum Gasteiger partial charge on any atom is -0.360 e. The molecule has 3 rings (SSSR count). The fraction of sp³-hybridized carbons (Fsp3) is 0.579. The third-order valence-corrected chi connectivity index (χ3v) is 5.39. The number of carbonyl (C=O) groups is 1. The second-order valence-corrected chi connectivity index (χ2v) is 7.15. The Bertz CT molecular complexity index is 622. The molecule has 0 aromatic heterocycles. The maximum atomic E-state index is 12.3. The predicted molar refractivity (Wildman–Crippen MR) is 93.9 cm³/mol. The molecule has 0 spiro atoms. The maximum absolute atomic E-state index is 12.3. The van der Waals surface area contributed by atoms with Gasteiger partial charge in [0.2, 0.25) is 0 Å². The zero-order valence-electron chi connectivity index (χ0n) is 14.5. The van der Waals surface area contributed by atoms with E-state index in [1.807, 2.05) is 0 Å². The van der Waals surface area contributed by atoms with E-state index in [1.165, 1.54) is 16.2 Å². The number of nitrogens with zero attached hydrogens (tertiary/aromatic N) is 2. The Balaban J connectivity index is 1.50. The molecule has 1 aromatic carbocycles. The molecular formula is C19H27N4O+. The lowest BCUT2D eigenvalue weighted by Gasteiger charge is -2.34. The molecule has 1 saturated heterocycles. The van der Waals surface area contributed by atoms with Crippen LogP contribution in [0.5, 0.6) is 0 Å². The van der Waals surface area contributed by atoms with Crippen molar-refractivity contribution in [3.8, 4) is 6.07 Å². The standard InChI is InChI=1S/C19H26N4O/c1-16-6-2-3-7-17(16)23-12-10-22(11-13-23)14-18(24)21-19(15-20)8-4-5-9-19/h2-3,6-7H,4-5,8-14H2,1H3,(H,21,24)/p+1.